The zero-order chi connectivity index (χ0) is 28.2. The summed E-state index contributed by atoms with van der Waals surface area (Å²) in [6.07, 6.45) is -1.13. The fourth-order valence-electron chi connectivity index (χ4n) is 5.08. The molecule has 3 aliphatic heterocycles. The third kappa shape index (κ3) is 4.08. The number of amides is 2. The number of carboxylic acids is 1. The lowest BCUT2D eigenvalue weighted by Gasteiger charge is -2.51. The van der Waals surface area contributed by atoms with Gasteiger partial charge in [-0.05, 0) is 35.4 Å². The molecule has 3 aromatic carbocycles. The van der Waals surface area contributed by atoms with E-state index in [1.54, 1.807) is 47.4 Å². The standard InChI is InChI=1S/C29H21BrN2O7S/c1-16(33)38-24(29(30)27(37)32-21(26(35)36)15-40-28(29)32)18-11-12-23-20(13-18)31(14-17-7-3-2-4-8-17)25(34)19-9-5-6-10-22(19)39-23/h2-13,15,24,28H,14H2,1H3,(H,35,36). The molecule has 0 bridgehead atoms. The first-order chi connectivity index (χ1) is 19.2. The molecular formula is C29H21BrN2O7S. The van der Waals surface area contributed by atoms with Gasteiger partial charge in [0.05, 0.1) is 17.8 Å². The van der Waals surface area contributed by atoms with Crippen LogP contribution in [0.5, 0.6) is 11.5 Å². The van der Waals surface area contributed by atoms with E-state index >= 15 is 0 Å². The van der Waals surface area contributed by atoms with Gasteiger partial charge in [-0.15, -0.1) is 11.8 Å². The van der Waals surface area contributed by atoms with Gasteiger partial charge in [-0.3, -0.25) is 19.3 Å². The average molecular weight is 621 g/mol. The minimum atomic E-state index is -1.44. The Morgan fingerprint density at radius 1 is 1.07 bits per heavy atom. The number of nitrogens with zero attached hydrogens (tertiary/aromatic N) is 2. The molecule has 0 spiro atoms. The van der Waals surface area contributed by atoms with Crippen LogP contribution in [0.15, 0.2) is 83.9 Å². The highest BCUT2D eigenvalue weighted by molar-refractivity contribution is 9.10. The number of anilines is 1. The molecular weight excluding hydrogens is 600 g/mol. The summed E-state index contributed by atoms with van der Waals surface area (Å²) in [5, 5.41) is 10.3. The molecule has 3 atom stereocenters. The normalized spacial score (nSPS) is 21.6. The first-order valence-electron chi connectivity index (χ1n) is 12.3. The molecule has 40 heavy (non-hydrogen) atoms. The molecule has 1 saturated heterocycles. The van der Waals surface area contributed by atoms with E-state index in [1.807, 2.05) is 30.3 Å². The molecule has 0 radical (unpaired) electrons. The van der Waals surface area contributed by atoms with Crippen LogP contribution in [-0.2, 0) is 25.7 Å². The Labute approximate surface area is 241 Å². The lowest BCUT2D eigenvalue weighted by Crippen LogP contribution is -2.70. The summed E-state index contributed by atoms with van der Waals surface area (Å²) in [6.45, 7) is 1.48. The molecule has 0 aliphatic carbocycles. The van der Waals surface area contributed by atoms with Crippen molar-refractivity contribution in [3.05, 3.63) is 101 Å². The lowest BCUT2D eigenvalue weighted by atomic mass is 9.86. The van der Waals surface area contributed by atoms with Crippen LogP contribution < -0.4 is 9.64 Å². The van der Waals surface area contributed by atoms with E-state index in [4.69, 9.17) is 9.47 Å². The number of para-hydroxylation sites is 1. The Morgan fingerprint density at radius 3 is 2.52 bits per heavy atom. The molecule has 0 saturated carbocycles. The third-order valence-corrected chi connectivity index (χ3v) is 9.63. The highest BCUT2D eigenvalue weighted by atomic mass is 79.9. The summed E-state index contributed by atoms with van der Waals surface area (Å²) >= 11 is 4.69. The topological polar surface area (TPSA) is 113 Å². The number of esters is 1. The second-order valence-electron chi connectivity index (χ2n) is 9.43. The van der Waals surface area contributed by atoms with Gasteiger partial charge in [0.15, 0.2) is 16.2 Å². The predicted octanol–water partition coefficient (Wildman–Crippen LogP) is 5.22. The van der Waals surface area contributed by atoms with Crippen LogP contribution in [0.3, 0.4) is 0 Å². The Balaban J connectivity index is 1.45. The molecule has 1 fully saturated rings. The number of rotatable bonds is 6. The molecule has 9 nitrogen and oxygen atoms in total. The molecule has 3 aliphatic rings. The number of benzene rings is 3. The molecule has 0 aromatic heterocycles. The van der Waals surface area contributed by atoms with Gasteiger partial charge >= 0.3 is 11.9 Å². The summed E-state index contributed by atoms with van der Waals surface area (Å²) in [5.74, 6) is -1.85. The number of alkyl halides is 1. The third-order valence-electron chi connectivity index (χ3n) is 6.94. The predicted molar refractivity (Wildman–Crippen MR) is 150 cm³/mol. The van der Waals surface area contributed by atoms with Crippen molar-refractivity contribution in [1.82, 2.24) is 4.90 Å². The SMILES string of the molecule is CC(=O)OC(c1ccc2c(c1)N(Cc1ccccc1)C(=O)c1ccccc1O2)C1(Br)C(=O)N2C(C(=O)O)=CSC21. The highest BCUT2D eigenvalue weighted by Crippen LogP contribution is 2.58. The summed E-state index contributed by atoms with van der Waals surface area (Å²) in [5.41, 5.74) is 2.01. The van der Waals surface area contributed by atoms with E-state index in [0.29, 0.717) is 28.3 Å². The van der Waals surface area contributed by atoms with Crippen molar-refractivity contribution in [1.29, 1.82) is 0 Å². The van der Waals surface area contributed by atoms with Crippen LogP contribution in [0.2, 0.25) is 0 Å². The second-order valence-corrected chi connectivity index (χ2v) is 11.7. The maximum atomic E-state index is 13.9. The summed E-state index contributed by atoms with van der Waals surface area (Å²) in [7, 11) is 0. The second kappa shape index (κ2) is 9.83. The highest BCUT2D eigenvalue weighted by Gasteiger charge is 2.68. The molecule has 202 valence electrons. The number of hydrogen-bond donors (Lipinski definition) is 1. The van der Waals surface area contributed by atoms with Gasteiger partial charge in [-0.2, -0.15) is 0 Å². The van der Waals surface area contributed by atoms with Crippen LogP contribution in [0.1, 0.15) is 34.5 Å². The first kappa shape index (κ1) is 26.1. The van der Waals surface area contributed by atoms with Crippen LogP contribution in [0.4, 0.5) is 5.69 Å². The van der Waals surface area contributed by atoms with E-state index in [1.165, 1.54) is 17.2 Å². The lowest BCUT2D eigenvalue weighted by molar-refractivity contribution is -0.162. The summed E-state index contributed by atoms with van der Waals surface area (Å²) < 4.78 is 10.5. The average Bonchev–Trinajstić information content (AvgIpc) is 3.33. The number of β-lactam (4-membered cyclic amide) rings is 1. The van der Waals surface area contributed by atoms with Crippen LogP contribution >= 0.6 is 27.7 Å². The number of carbonyl (C=O) groups excluding carboxylic acids is 3. The van der Waals surface area contributed by atoms with Gasteiger partial charge in [-0.1, -0.05) is 64.5 Å². The van der Waals surface area contributed by atoms with Gasteiger partial charge in [0.2, 0.25) is 0 Å². The van der Waals surface area contributed by atoms with Crippen molar-refractivity contribution in [2.75, 3.05) is 4.90 Å². The van der Waals surface area contributed by atoms with Crippen molar-refractivity contribution in [3.8, 4) is 11.5 Å². The summed E-state index contributed by atoms with van der Waals surface area (Å²) in [4.78, 5) is 53.9. The number of carboxylic acid groups (broad SMARTS) is 1. The monoisotopic (exact) mass is 620 g/mol. The number of aliphatic carboxylic acids is 1. The van der Waals surface area contributed by atoms with E-state index in [9.17, 15) is 24.3 Å². The fourth-order valence-corrected chi connectivity index (χ4v) is 7.38. The van der Waals surface area contributed by atoms with Gasteiger partial charge in [0.1, 0.15) is 16.8 Å². The first-order valence-corrected chi connectivity index (χ1v) is 14.0. The number of carbonyl (C=O) groups is 4. The Morgan fingerprint density at radius 2 is 1.80 bits per heavy atom. The molecule has 3 unspecified atom stereocenters. The van der Waals surface area contributed by atoms with Crippen LogP contribution in [0, 0.1) is 0 Å². The molecule has 1 N–H and O–H groups in total. The van der Waals surface area contributed by atoms with Crippen LogP contribution in [0.25, 0.3) is 0 Å². The van der Waals surface area contributed by atoms with Crippen LogP contribution in [-0.4, -0.2) is 43.5 Å². The van der Waals surface area contributed by atoms with E-state index in [0.717, 1.165) is 17.3 Å². The summed E-state index contributed by atoms with van der Waals surface area (Å²) in [6, 6.07) is 21.5. The zero-order valence-electron chi connectivity index (χ0n) is 20.9. The van der Waals surface area contributed by atoms with E-state index in [2.05, 4.69) is 15.9 Å². The van der Waals surface area contributed by atoms with Crippen molar-refractivity contribution in [2.24, 2.45) is 0 Å². The Kier molecular flexibility index (Phi) is 6.42. The maximum absolute atomic E-state index is 13.9. The van der Waals surface area contributed by atoms with Crippen molar-refractivity contribution in [3.63, 3.8) is 0 Å². The largest absolute Gasteiger partial charge is 0.477 e. The number of fused-ring (bicyclic) bond motifs is 3. The zero-order valence-corrected chi connectivity index (χ0v) is 23.3. The maximum Gasteiger partial charge on any atom is 0.353 e. The van der Waals surface area contributed by atoms with E-state index in [-0.39, 0.29) is 18.1 Å². The number of ether oxygens (including phenoxy) is 2. The van der Waals surface area contributed by atoms with Gasteiger partial charge in [0, 0.05) is 12.3 Å². The number of thioether (sulfide) groups is 1. The number of halogens is 1. The minimum absolute atomic E-state index is 0.135. The van der Waals surface area contributed by atoms with Crippen molar-refractivity contribution < 1.29 is 33.8 Å². The molecule has 3 heterocycles. The smallest absolute Gasteiger partial charge is 0.353 e. The number of hydrogen-bond acceptors (Lipinski definition) is 7. The molecule has 2 amide bonds. The minimum Gasteiger partial charge on any atom is -0.477 e. The fraction of sp³-hybridized carbons (Fsp3) is 0.172. The van der Waals surface area contributed by atoms with Gasteiger partial charge in [0.25, 0.3) is 11.8 Å². The molecule has 3 aromatic rings. The van der Waals surface area contributed by atoms with E-state index < -0.39 is 33.6 Å². The Bertz CT molecular complexity index is 1610. The van der Waals surface area contributed by atoms with Gasteiger partial charge in [-0.25, -0.2) is 4.79 Å². The quantitative estimate of drug-likeness (QED) is 0.227. The van der Waals surface area contributed by atoms with Crippen molar-refractivity contribution >= 4 is 57.1 Å². The Hall–Kier alpha value is -4.09. The molecule has 6 rings (SSSR count). The molecule has 11 heteroatoms. The van der Waals surface area contributed by atoms with Crippen molar-refractivity contribution in [2.45, 2.75) is 29.3 Å². The van der Waals surface area contributed by atoms with Gasteiger partial charge < -0.3 is 19.5 Å².